The van der Waals surface area contributed by atoms with E-state index in [9.17, 15) is 0 Å². The average molecular weight is 190 g/mol. The Balaban J connectivity index is 1.99. The lowest BCUT2D eigenvalue weighted by Crippen LogP contribution is -2.28. The zero-order valence-electron chi connectivity index (χ0n) is 8.79. The van der Waals surface area contributed by atoms with E-state index in [0.29, 0.717) is 0 Å². The molecule has 14 heavy (non-hydrogen) atoms. The summed E-state index contributed by atoms with van der Waals surface area (Å²) in [6.07, 6.45) is 5.67. The molecule has 0 spiro atoms. The molecule has 1 fully saturated rings. The molecule has 0 bridgehead atoms. The quantitative estimate of drug-likeness (QED) is 0.771. The molecule has 0 unspecified atom stereocenters. The molecular weight excluding hydrogens is 172 g/mol. The predicted octanol–water partition coefficient (Wildman–Crippen LogP) is 1.93. The number of hydrogen-bond acceptors (Lipinski definition) is 2. The third-order valence-electron chi connectivity index (χ3n) is 3.06. The fourth-order valence-electron chi connectivity index (χ4n) is 2.09. The predicted molar refractivity (Wildman–Crippen MR) is 58.3 cm³/mol. The van der Waals surface area contributed by atoms with Gasteiger partial charge in [0.15, 0.2) is 0 Å². The Morgan fingerprint density at radius 1 is 1.43 bits per heavy atom. The molecule has 76 valence electrons. The van der Waals surface area contributed by atoms with Crippen LogP contribution in [0.1, 0.15) is 24.1 Å². The van der Waals surface area contributed by atoms with E-state index in [-0.39, 0.29) is 0 Å². The summed E-state index contributed by atoms with van der Waals surface area (Å²) in [5.74, 6) is 0.838. The van der Waals surface area contributed by atoms with Gasteiger partial charge in [-0.25, -0.2) is 0 Å². The molecule has 0 aromatic carbocycles. The van der Waals surface area contributed by atoms with Crippen LogP contribution in [0.25, 0.3) is 0 Å². The van der Waals surface area contributed by atoms with Crippen molar-refractivity contribution in [2.24, 2.45) is 5.92 Å². The molecule has 1 N–H and O–H groups in total. The van der Waals surface area contributed by atoms with Crippen LogP contribution in [0.5, 0.6) is 0 Å². The van der Waals surface area contributed by atoms with Crippen LogP contribution in [-0.4, -0.2) is 18.1 Å². The van der Waals surface area contributed by atoms with Gasteiger partial charge in [-0.15, -0.1) is 0 Å². The highest BCUT2D eigenvalue weighted by molar-refractivity contribution is 5.18. The number of pyridine rings is 1. The monoisotopic (exact) mass is 190 g/mol. The fraction of sp³-hybridized carbons (Fsp3) is 0.583. The van der Waals surface area contributed by atoms with Crippen LogP contribution in [0.15, 0.2) is 18.3 Å². The van der Waals surface area contributed by atoms with E-state index in [2.05, 4.69) is 23.3 Å². The van der Waals surface area contributed by atoms with Crippen molar-refractivity contribution < 1.29 is 0 Å². The van der Waals surface area contributed by atoms with E-state index in [0.717, 1.165) is 12.3 Å². The van der Waals surface area contributed by atoms with E-state index in [1.807, 2.05) is 12.3 Å². The summed E-state index contributed by atoms with van der Waals surface area (Å²) < 4.78 is 0. The van der Waals surface area contributed by atoms with Crippen molar-refractivity contribution >= 4 is 0 Å². The molecule has 2 heterocycles. The van der Waals surface area contributed by atoms with Gasteiger partial charge in [0.1, 0.15) is 0 Å². The van der Waals surface area contributed by atoms with Crippen molar-refractivity contribution in [3.8, 4) is 0 Å². The van der Waals surface area contributed by atoms with E-state index < -0.39 is 0 Å². The van der Waals surface area contributed by atoms with Gasteiger partial charge >= 0.3 is 0 Å². The van der Waals surface area contributed by atoms with E-state index in [1.165, 1.54) is 37.2 Å². The number of hydrogen-bond donors (Lipinski definition) is 1. The van der Waals surface area contributed by atoms with Gasteiger partial charge in [-0.3, -0.25) is 4.98 Å². The maximum atomic E-state index is 4.45. The molecule has 1 aliphatic rings. The van der Waals surface area contributed by atoms with Crippen LogP contribution >= 0.6 is 0 Å². The van der Waals surface area contributed by atoms with Crippen molar-refractivity contribution in [3.05, 3.63) is 29.6 Å². The van der Waals surface area contributed by atoms with Crippen LogP contribution in [0.2, 0.25) is 0 Å². The largest absolute Gasteiger partial charge is 0.317 e. The lowest BCUT2D eigenvalue weighted by molar-refractivity contribution is 0.369. The zero-order valence-corrected chi connectivity index (χ0v) is 8.79. The van der Waals surface area contributed by atoms with Gasteiger partial charge in [0.25, 0.3) is 0 Å². The molecular formula is C12H18N2. The number of aromatic nitrogens is 1. The maximum absolute atomic E-state index is 4.45. The molecule has 1 aromatic rings. The first kappa shape index (κ1) is 9.66. The molecule has 0 aliphatic carbocycles. The molecule has 2 heteroatoms. The summed E-state index contributed by atoms with van der Waals surface area (Å²) in [6.45, 7) is 4.51. The number of aryl methyl sites for hydroxylation is 1. The summed E-state index contributed by atoms with van der Waals surface area (Å²) in [5, 5.41) is 3.39. The van der Waals surface area contributed by atoms with Gasteiger partial charge in [0, 0.05) is 11.9 Å². The van der Waals surface area contributed by atoms with Crippen LogP contribution in [0, 0.1) is 12.8 Å². The molecule has 1 aliphatic heterocycles. The second-order valence-electron chi connectivity index (χ2n) is 4.16. The molecule has 2 rings (SSSR count). The van der Waals surface area contributed by atoms with Gasteiger partial charge in [-0.05, 0) is 56.8 Å². The minimum atomic E-state index is 0.838. The minimum absolute atomic E-state index is 0.838. The second kappa shape index (κ2) is 4.56. The first-order valence-electron chi connectivity index (χ1n) is 5.47. The van der Waals surface area contributed by atoms with Crippen molar-refractivity contribution in [3.63, 3.8) is 0 Å². The molecule has 0 amide bonds. The lowest BCUT2D eigenvalue weighted by atomic mass is 9.92. The second-order valence-corrected chi connectivity index (χ2v) is 4.16. The SMILES string of the molecule is Cc1cccnc1CC1CCNCC1. The average Bonchev–Trinajstić information content (AvgIpc) is 2.23. The van der Waals surface area contributed by atoms with Crippen molar-refractivity contribution in [2.45, 2.75) is 26.2 Å². The first-order valence-corrected chi connectivity index (χ1v) is 5.47. The number of nitrogens with zero attached hydrogens (tertiary/aromatic N) is 1. The third-order valence-corrected chi connectivity index (χ3v) is 3.06. The van der Waals surface area contributed by atoms with Crippen LogP contribution in [-0.2, 0) is 6.42 Å². The van der Waals surface area contributed by atoms with Gasteiger partial charge in [-0.1, -0.05) is 6.07 Å². The van der Waals surface area contributed by atoms with Crippen LogP contribution < -0.4 is 5.32 Å². The molecule has 0 atom stereocenters. The molecule has 0 saturated carbocycles. The standard InChI is InChI=1S/C12H18N2/c1-10-3-2-6-14-12(10)9-11-4-7-13-8-5-11/h2-3,6,11,13H,4-5,7-9H2,1H3. The summed E-state index contributed by atoms with van der Waals surface area (Å²) in [6, 6.07) is 4.17. The van der Waals surface area contributed by atoms with Gasteiger partial charge in [-0.2, -0.15) is 0 Å². The lowest BCUT2D eigenvalue weighted by Gasteiger charge is -2.22. The smallest absolute Gasteiger partial charge is 0.0435 e. The van der Waals surface area contributed by atoms with Crippen molar-refractivity contribution in [2.75, 3.05) is 13.1 Å². The van der Waals surface area contributed by atoms with Gasteiger partial charge in [0.05, 0.1) is 0 Å². The number of rotatable bonds is 2. The number of nitrogens with one attached hydrogen (secondary N) is 1. The summed E-state index contributed by atoms with van der Waals surface area (Å²) >= 11 is 0. The Bertz CT molecular complexity index is 290. The Hall–Kier alpha value is -0.890. The zero-order chi connectivity index (χ0) is 9.80. The maximum Gasteiger partial charge on any atom is 0.0435 e. The Kier molecular flexibility index (Phi) is 3.14. The molecule has 2 nitrogen and oxygen atoms in total. The molecule has 1 aromatic heterocycles. The van der Waals surface area contributed by atoms with Crippen molar-refractivity contribution in [1.29, 1.82) is 0 Å². The van der Waals surface area contributed by atoms with E-state index in [1.54, 1.807) is 0 Å². The Labute approximate surface area is 85.7 Å². The van der Waals surface area contributed by atoms with Crippen LogP contribution in [0.3, 0.4) is 0 Å². The Morgan fingerprint density at radius 3 is 2.93 bits per heavy atom. The Morgan fingerprint density at radius 2 is 2.21 bits per heavy atom. The first-order chi connectivity index (χ1) is 6.86. The summed E-state index contributed by atoms with van der Waals surface area (Å²) in [4.78, 5) is 4.45. The third kappa shape index (κ3) is 2.32. The highest BCUT2D eigenvalue weighted by Gasteiger charge is 2.14. The normalized spacial score (nSPS) is 18.4. The summed E-state index contributed by atoms with van der Waals surface area (Å²) in [7, 11) is 0. The molecule has 0 radical (unpaired) electrons. The van der Waals surface area contributed by atoms with Gasteiger partial charge in [0.2, 0.25) is 0 Å². The summed E-state index contributed by atoms with van der Waals surface area (Å²) in [5.41, 5.74) is 2.63. The van der Waals surface area contributed by atoms with E-state index >= 15 is 0 Å². The fourth-order valence-corrected chi connectivity index (χ4v) is 2.09. The van der Waals surface area contributed by atoms with Crippen molar-refractivity contribution in [1.82, 2.24) is 10.3 Å². The van der Waals surface area contributed by atoms with E-state index in [4.69, 9.17) is 0 Å². The molecule has 1 saturated heterocycles. The minimum Gasteiger partial charge on any atom is -0.317 e. The topological polar surface area (TPSA) is 24.9 Å². The highest BCUT2D eigenvalue weighted by Crippen LogP contribution is 2.18. The van der Waals surface area contributed by atoms with Gasteiger partial charge < -0.3 is 5.32 Å². The van der Waals surface area contributed by atoms with Crippen LogP contribution in [0.4, 0.5) is 0 Å². The highest BCUT2D eigenvalue weighted by atomic mass is 14.9. The number of piperidine rings is 1.